The van der Waals surface area contributed by atoms with Crippen LogP contribution >= 0.6 is 0 Å². The van der Waals surface area contributed by atoms with E-state index in [4.69, 9.17) is 11.2 Å². The molecular weight excluding hydrogens is 200 g/mol. The minimum Gasteiger partial charge on any atom is -0.368 e. The average Bonchev–Trinajstić information content (AvgIpc) is 2.55. The smallest absolute Gasteiger partial charge is 0.133 e. The molecule has 0 heterocycles. The van der Waals surface area contributed by atoms with Crippen LogP contribution in [0.2, 0.25) is 0 Å². The predicted molar refractivity (Wildman–Crippen MR) is 62.9 cm³/mol. The molecule has 0 N–H and O–H groups in total. The second kappa shape index (κ2) is 4.22. The molecular formula is C14H20O2. The van der Waals surface area contributed by atoms with E-state index in [1.165, 1.54) is 12.8 Å². The van der Waals surface area contributed by atoms with Crippen LogP contribution in [0.25, 0.3) is 0 Å². The molecule has 2 nitrogen and oxygen atoms in total. The van der Waals surface area contributed by atoms with Gasteiger partial charge in [0.15, 0.2) is 0 Å². The normalized spacial score (nSPS) is 38.1. The largest absolute Gasteiger partial charge is 0.368 e. The van der Waals surface area contributed by atoms with Crippen LogP contribution in [-0.4, -0.2) is 19.0 Å². The molecule has 0 aliphatic heterocycles. The van der Waals surface area contributed by atoms with Crippen LogP contribution in [0.15, 0.2) is 0 Å². The number of fused-ring (bicyclic) bond motifs is 1. The lowest BCUT2D eigenvalue weighted by Crippen LogP contribution is -2.44. The van der Waals surface area contributed by atoms with E-state index in [2.05, 4.69) is 12.8 Å². The van der Waals surface area contributed by atoms with Crippen LogP contribution in [0.4, 0.5) is 0 Å². The van der Waals surface area contributed by atoms with Gasteiger partial charge in [0.25, 0.3) is 0 Å². The molecule has 2 saturated carbocycles. The molecule has 2 rings (SSSR count). The van der Waals surface area contributed by atoms with Gasteiger partial charge in [0, 0.05) is 12.8 Å². The molecule has 2 heteroatoms. The highest BCUT2D eigenvalue weighted by atomic mass is 16.5. The molecule has 2 atom stereocenters. The van der Waals surface area contributed by atoms with Crippen molar-refractivity contribution in [3.05, 3.63) is 0 Å². The molecule has 0 aromatic heterocycles. The van der Waals surface area contributed by atoms with Crippen LogP contribution in [-0.2, 0) is 9.53 Å². The zero-order valence-corrected chi connectivity index (χ0v) is 10.1. The standard InChI is InChI=1S/C14H20O2/c1-3-9-16-11-14-7-4-6-13(14,2)10-12(15)5-8-14/h1H,4-11H2,2H3/t13-,14+/m1/s1. The molecule has 0 amide bonds. The van der Waals surface area contributed by atoms with Crippen LogP contribution in [0, 0.1) is 23.2 Å². The molecule has 0 aromatic rings. The van der Waals surface area contributed by atoms with Gasteiger partial charge in [-0.05, 0) is 30.1 Å². The number of ether oxygens (including phenoxy) is 1. The van der Waals surface area contributed by atoms with Crippen molar-refractivity contribution in [3.8, 4) is 12.3 Å². The fourth-order valence-electron chi connectivity index (χ4n) is 3.61. The molecule has 0 saturated heterocycles. The van der Waals surface area contributed by atoms with E-state index in [9.17, 15) is 4.79 Å². The molecule has 0 bridgehead atoms. The first-order valence-corrected chi connectivity index (χ1v) is 6.15. The van der Waals surface area contributed by atoms with Gasteiger partial charge in [-0.2, -0.15) is 0 Å². The van der Waals surface area contributed by atoms with Crippen molar-refractivity contribution in [1.82, 2.24) is 0 Å². The van der Waals surface area contributed by atoms with Crippen molar-refractivity contribution in [3.63, 3.8) is 0 Å². The number of carbonyl (C=O) groups excluding carboxylic acids is 1. The Hall–Kier alpha value is -0.810. The zero-order chi connectivity index (χ0) is 11.6. The topological polar surface area (TPSA) is 26.3 Å². The Labute approximate surface area is 97.7 Å². The lowest BCUT2D eigenvalue weighted by Gasteiger charge is -2.46. The van der Waals surface area contributed by atoms with E-state index < -0.39 is 0 Å². The van der Waals surface area contributed by atoms with E-state index in [0.717, 1.165) is 32.3 Å². The van der Waals surface area contributed by atoms with E-state index >= 15 is 0 Å². The maximum Gasteiger partial charge on any atom is 0.133 e. The third kappa shape index (κ3) is 1.78. The highest BCUT2D eigenvalue weighted by Gasteiger charge is 2.54. The van der Waals surface area contributed by atoms with Gasteiger partial charge < -0.3 is 4.74 Å². The highest BCUT2D eigenvalue weighted by molar-refractivity contribution is 5.80. The number of terminal acetylenes is 1. The zero-order valence-electron chi connectivity index (χ0n) is 10.1. The molecule has 0 radical (unpaired) electrons. The second-order valence-corrected chi connectivity index (χ2v) is 5.61. The molecule has 2 fully saturated rings. The van der Waals surface area contributed by atoms with Crippen LogP contribution in [0.1, 0.15) is 45.4 Å². The van der Waals surface area contributed by atoms with Crippen LogP contribution in [0.3, 0.4) is 0 Å². The molecule has 2 aliphatic rings. The number of rotatable bonds is 3. The Balaban J connectivity index is 2.10. The lowest BCUT2D eigenvalue weighted by molar-refractivity contribution is -0.131. The van der Waals surface area contributed by atoms with Crippen molar-refractivity contribution in [2.24, 2.45) is 10.8 Å². The number of Topliss-reactive ketones (excluding diaryl/α,β-unsaturated/α-hetero) is 1. The summed E-state index contributed by atoms with van der Waals surface area (Å²) in [6.45, 7) is 3.39. The Morgan fingerprint density at radius 2 is 2.25 bits per heavy atom. The van der Waals surface area contributed by atoms with Gasteiger partial charge >= 0.3 is 0 Å². The molecule has 88 valence electrons. The Kier molecular flexibility index (Phi) is 3.08. The third-order valence-electron chi connectivity index (χ3n) is 4.70. The quantitative estimate of drug-likeness (QED) is 0.540. The molecule has 0 aromatic carbocycles. The van der Waals surface area contributed by atoms with Gasteiger partial charge in [0.1, 0.15) is 12.4 Å². The van der Waals surface area contributed by atoms with Crippen LogP contribution < -0.4 is 0 Å². The summed E-state index contributed by atoms with van der Waals surface area (Å²) < 4.78 is 5.58. The summed E-state index contributed by atoms with van der Waals surface area (Å²) in [6.07, 6.45) is 11.3. The Morgan fingerprint density at radius 3 is 3.00 bits per heavy atom. The monoisotopic (exact) mass is 220 g/mol. The number of ketones is 1. The van der Waals surface area contributed by atoms with Gasteiger partial charge in [-0.15, -0.1) is 6.42 Å². The number of carbonyl (C=O) groups is 1. The first-order chi connectivity index (χ1) is 7.62. The summed E-state index contributed by atoms with van der Waals surface area (Å²) in [5.74, 6) is 2.94. The molecule has 2 aliphatic carbocycles. The SMILES string of the molecule is C#CCOC[C@@]12CCC[C@]1(C)CC(=O)CC2. The van der Waals surface area contributed by atoms with Crippen molar-refractivity contribution in [1.29, 1.82) is 0 Å². The highest BCUT2D eigenvalue weighted by Crippen LogP contribution is 2.60. The van der Waals surface area contributed by atoms with Crippen molar-refractivity contribution >= 4 is 5.78 Å². The first kappa shape index (κ1) is 11.7. The van der Waals surface area contributed by atoms with Gasteiger partial charge in [-0.3, -0.25) is 4.79 Å². The summed E-state index contributed by atoms with van der Waals surface area (Å²) in [6, 6.07) is 0. The van der Waals surface area contributed by atoms with E-state index in [-0.39, 0.29) is 10.8 Å². The second-order valence-electron chi connectivity index (χ2n) is 5.61. The maximum atomic E-state index is 11.6. The third-order valence-corrected chi connectivity index (χ3v) is 4.70. The van der Waals surface area contributed by atoms with Gasteiger partial charge in [-0.1, -0.05) is 19.3 Å². The van der Waals surface area contributed by atoms with Crippen molar-refractivity contribution in [2.75, 3.05) is 13.2 Å². The molecule has 0 spiro atoms. The summed E-state index contributed by atoms with van der Waals surface area (Å²) in [5, 5.41) is 0. The van der Waals surface area contributed by atoms with Crippen LogP contribution in [0.5, 0.6) is 0 Å². The minimum absolute atomic E-state index is 0.164. The fraction of sp³-hybridized carbons (Fsp3) is 0.786. The number of hydrogen-bond acceptors (Lipinski definition) is 2. The number of hydrogen-bond donors (Lipinski definition) is 0. The Morgan fingerprint density at radius 1 is 1.44 bits per heavy atom. The van der Waals surface area contributed by atoms with Gasteiger partial charge in [0.2, 0.25) is 0 Å². The summed E-state index contributed by atoms with van der Waals surface area (Å²) in [7, 11) is 0. The fourth-order valence-corrected chi connectivity index (χ4v) is 3.61. The van der Waals surface area contributed by atoms with E-state index in [0.29, 0.717) is 12.4 Å². The summed E-state index contributed by atoms with van der Waals surface area (Å²) in [4.78, 5) is 11.6. The maximum absolute atomic E-state index is 11.6. The predicted octanol–water partition coefficient (Wildman–Crippen LogP) is 2.57. The summed E-state index contributed by atoms with van der Waals surface area (Å²) >= 11 is 0. The lowest BCUT2D eigenvalue weighted by atomic mass is 9.59. The van der Waals surface area contributed by atoms with Crippen molar-refractivity contribution < 1.29 is 9.53 Å². The van der Waals surface area contributed by atoms with Crippen molar-refractivity contribution in [2.45, 2.75) is 45.4 Å². The minimum atomic E-state index is 0.164. The van der Waals surface area contributed by atoms with E-state index in [1.54, 1.807) is 0 Å². The van der Waals surface area contributed by atoms with Gasteiger partial charge in [-0.25, -0.2) is 0 Å². The first-order valence-electron chi connectivity index (χ1n) is 6.15. The Bertz CT molecular complexity index is 328. The molecule has 16 heavy (non-hydrogen) atoms. The average molecular weight is 220 g/mol. The van der Waals surface area contributed by atoms with E-state index in [1.807, 2.05) is 0 Å². The van der Waals surface area contributed by atoms with Gasteiger partial charge in [0.05, 0.1) is 6.61 Å². The summed E-state index contributed by atoms with van der Waals surface area (Å²) in [5.41, 5.74) is 0.384. The molecule has 0 unspecified atom stereocenters.